The van der Waals surface area contributed by atoms with Crippen molar-refractivity contribution in [1.82, 2.24) is 4.57 Å². The number of hydrogen-bond donors (Lipinski definition) is 0. The van der Waals surface area contributed by atoms with Crippen molar-refractivity contribution in [2.24, 2.45) is 24.8 Å². The maximum absolute atomic E-state index is 13.2. The van der Waals surface area contributed by atoms with Gasteiger partial charge in [-0.1, -0.05) is 39.3 Å². The Hall–Kier alpha value is -2.82. The van der Waals surface area contributed by atoms with Gasteiger partial charge in [-0.25, -0.2) is 13.9 Å². The number of methoxy groups -OCH3 is 1. The summed E-state index contributed by atoms with van der Waals surface area (Å²) in [4.78, 5) is 13.2. The van der Waals surface area contributed by atoms with Crippen molar-refractivity contribution in [3.8, 4) is 17.1 Å². The summed E-state index contributed by atoms with van der Waals surface area (Å²) in [5.41, 5.74) is 3.14. The van der Waals surface area contributed by atoms with Gasteiger partial charge in [0.2, 0.25) is 0 Å². The fourth-order valence-electron chi connectivity index (χ4n) is 5.22. The van der Waals surface area contributed by atoms with E-state index in [1.165, 1.54) is 6.42 Å². The first-order chi connectivity index (χ1) is 15.4. The van der Waals surface area contributed by atoms with Crippen LogP contribution in [0.4, 0.5) is 0 Å². The number of benzene rings is 2. The van der Waals surface area contributed by atoms with Crippen LogP contribution in [0.1, 0.15) is 40.0 Å². The molecule has 32 heavy (non-hydrogen) atoms. The molecule has 0 N–H and O–H groups in total. The average Bonchev–Trinajstić information content (AvgIpc) is 3.05. The number of esters is 1. The molecule has 0 aliphatic heterocycles. The number of para-hydroxylation sites is 2. The zero-order valence-corrected chi connectivity index (χ0v) is 19.9. The van der Waals surface area contributed by atoms with Crippen molar-refractivity contribution in [2.45, 2.75) is 52.7 Å². The second kappa shape index (κ2) is 9.35. The summed E-state index contributed by atoms with van der Waals surface area (Å²) < 4.78 is 15.7. The number of ether oxygens (including phenoxy) is 2. The summed E-state index contributed by atoms with van der Waals surface area (Å²) in [6.45, 7) is 6.93. The molecule has 4 rings (SSSR count). The maximum Gasteiger partial charge on any atom is 0.348 e. The van der Waals surface area contributed by atoms with Crippen molar-refractivity contribution in [1.29, 1.82) is 0 Å². The van der Waals surface area contributed by atoms with Crippen LogP contribution >= 0.6 is 0 Å². The maximum atomic E-state index is 13.2. The molecule has 5 heteroatoms. The number of hydrogen-bond acceptors (Lipinski definition) is 3. The number of aryl methyl sites for hydroxylation is 1. The molecule has 2 aromatic carbocycles. The quantitative estimate of drug-likeness (QED) is 0.398. The largest absolute Gasteiger partial charge is 0.497 e. The van der Waals surface area contributed by atoms with E-state index >= 15 is 0 Å². The van der Waals surface area contributed by atoms with Gasteiger partial charge in [-0.2, -0.15) is 0 Å². The number of fused-ring (bicyclic) bond motifs is 1. The van der Waals surface area contributed by atoms with E-state index in [1.54, 1.807) is 7.11 Å². The summed E-state index contributed by atoms with van der Waals surface area (Å²) in [5, 5.41) is 0. The lowest BCUT2D eigenvalue weighted by Crippen LogP contribution is -2.37. The van der Waals surface area contributed by atoms with Gasteiger partial charge in [0.1, 0.15) is 11.9 Å². The van der Waals surface area contributed by atoms with Gasteiger partial charge in [0.25, 0.3) is 5.82 Å². The minimum atomic E-state index is -0.161. The molecule has 1 aromatic heterocycles. The van der Waals surface area contributed by atoms with Gasteiger partial charge < -0.3 is 9.47 Å². The van der Waals surface area contributed by atoms with Gasteiger partial charge in [-0.3, -0.25) is 0 Å². The molecule has 0 bridgehead atoms. The number of carbonyl (C=O) groups is 1. The topological polar surface area (TPSA) is 44.3 Å². The molecule has 0 amide bonds. The number of nitrogens with zero attached hydrogens (tertiary/aromatic N) is 2. The zero-order valence-electron chi connectivity index (χ0n) is 19.9. The highest BCUT2D eigenvalue weighted by molar-refractivity contribution is 5.79. The van der Waals surface area contributed by atoms with Gasteiger partial charge in [0.05, 0.1) is 19.7 Å². The molecule has 1 fully saturated rings. The molecule has 170 valence electrons. The second-order valence-electron chi connectivity index (χ2n) is 9.54. The summed E-state index contributed by atoms with van der Waals surface area (Å²) >= 11 is 0. The predicted molar refractivity (Wildman–Crippen MR) is 126 cm³/mol. The standard InChI is InChI=1S/C27H35N2O3/c1-18(2)22-15-10-19(3)16-25(22)32-26(30)17-29-24-9-7-6-8-23(24)28(4)27(29)20-11-13-21(31-5)14-12-20/h6-9,11-14,18-19,22,25H,10,15-17H2,1-5H3/q+1/t19-,22-,25-/m1/s1. The Morgan fingerprint density at radius 1 is 1.12 bits per heavy atom. The van der Waals surface area contributed by atoms with Crippen LogP contribution in [0.2, 0.25) is 0 Å². The summed E-state index contributed by atoms with van der Waals surface area (Å²) in [6, 6.07) is 16.2. The molecular formula is C27H35N2O3+. The lowest BCUT2D eigenvalue weighted by atomic mass is 9.75. The molecule has 0 spiro atoms. The molecule has 1 aliphatic rings. The van der Waals surface area contributed by atoms with Crippen LogP contribution in [0.25, 0.3) is 22.4 Å². The molecule has 3 atom stereocenters. The Morgan fingerprint density at radius 3 is 2.53 bits per heavy atom. The van der Waals surface area contributed by atoms with Gasteiger partial charge in [-0.05, 0) is 67.0 Å². The molecule has 5 nitrogen and oxygen atoms in total. The van der Waals surface area contributed by atoms with E-state index in [4.69, 9.17) is 9.47 Å². The fourth-order valence-corrected chi connectivity index (χ4v) is 5.22. The molecule has 1 saturated carbocycles. The molecule has 3 aromatic rings. The Balaban J connectivity index is 1.66. The van der Waals surface area contributed by atoms with Crippen LogP contribution in [-0.2, 0) is 23.1 Å². The van der Waals surface area contributed by atoms with Gasteiger partial charge in [0, 0.05) is 0 Å². The van der Waals surface area contributed by atoms with Crippen molar-refractivity contribution in [2.75, 3.05) is 7.11 Å². The normalized spacial score (nSPS) is 21.1. The molecule has 0 saturated heterocycles. The monoisotopic (exact) mass is 435 g/mol. The van der Waals surface area contributed by atoms with Crippen LogP contribution in [0.15, 0.2) is 48.5 Å². The molecular weight excluding hydrogens is 400 g/mol. The first-order valence-corrected chi connectivity index (χ1v) is 11.7. The van der Waals surface area contributed by atoms with Crippen LogP contribution in [-0.4, -0.2) is 23.8 Å². The Kier molecular flexibility index (Phi) is 6.54. The van der Waals surface area contributed by atoms with Crippen molar-refractivity contribution in [3.05, 3.63) is 48.5 Å². The van der Waals surface area contributed by atoms with Gasteiger partial charge >= 0.3 is 5.97 Å². The first-order valence-electron chi connectivity index (χ1n) is 11.7. The van der Waals surface area contributed by atoms with Crippen LogP contribution in [0.5, 0.6) is 5.75 Å². The third-order valence-corrected chi connectivity index (χ3v) is 6.99. The minimum absolute atomic E-state index is 0.00580. The molecule has 0 radical (unpaired) electrons. The molecule has 0 unspecified atom stereocenters. The van der Waals surface area contributed by atoms with E-state index in [0.29, 0.717) is 17.8 Å². The lowest BCUT2D eigenvalue weighted by molar-refractivity contribution is -0.634. The van der Waals surface area contributed by atoms with Gasteiger partial charge in [-0.15, -0.1) is 0 Å². The van der Waals surface area contributed by atoms with Crippen molar-refractivity contribution >= 4 is 17.0 Å². The van der Waals surface area contributed by atoms with Crippen LogP contribution < -0.4 is 9.30 Å². The highest BCUT2D eigenvalue weighted by Crippen LogP contribution is 2.35. The molecule has 1 aliphatic carbocycles. The highest BCUT2D eigenvalue weighted by atomic mass is 16.5. The van der Waals surface area contributed by atoms with Crippen molar-refractivity contribution in [3.63, 3.8) is 0 Å². The Labute approximate surface area is 191 Å². The Morgan fingerprint density at radius 2 is 1.84 bits per heavy atom. The van der Waals surface area contributed by atoms with Crippen LogP contribution in [0.3, 0.4) is 0 Å². The predicted octanol–water partition coefficient (Wildman–Crippen LogP) is 5.15. The number of rotatable bonds is 6. The lowest BCUT2D eigenvalue weighted by Gasteiger charge is -2.36. The van der Waals surface area contributed by atoms with E-state index < -0.39 is 0 Å². The number of aromatic nitrogens is 2. The van der Waals surface area contributed by atoms with E-state index in [9.17, 15) is 4.79 Å². The van der Waals surface area contributed by atoms with E-state index in [1.807, 2.05) is 43.4 Å². The zero-order chi connectivity index (χ0) is 22.8. The van der Waals surface area contributed by atoms with Crippen LogP contribution in [0, 0.1) is 17.8 Å². The number of carbonyl (C=O) groups excluding carboxylic acids is 1. The van der Waals surface area contributed by atoms with E-state index in [0.717, 1.165) is 41.0 Å². The minimum Gasteiger partial charge on any atom is -0.497 e. The average molecular weight is 436 g/mol. The highest BCUT2D eigenvalue weighted by Gasteiger charge is 2.34. The number of imidazole rings is 1. The molecule has 1 heterocycles. The third-order valence-electron chi connectivity index (χ3n) is 6.99. The van der Waals surface area contributed by atoms with E-state index in [2.05, 4.69) is 42.0 Å². The third kappa shape index (κ3) is 4.38. The van der Waals surface area contributed by atoms with Crippen molar-refractivity contribution < 1.29 is 18.8 Å². The smallest absolute Gasteiger partial charge is 0.348 e. The Bertz CT molecular complexity index is 1080. The first kappa shape index (κ1) is 22.4. The van der Waals surface area contributed by atoms with Gasteiger partial charge in [0.15, 0.2) is 17.6 Å². The summed E-state index contributed by atoms with van der Waals surface area (Å²) in [6.07, 6.45) is 3.32. The summed E-state index contributed by atoms with van der Waals surface area (Å²) in [7, 11) is 3.71. The fraction of sp³-hybridized carbons (Fsp3) is 0.481. The SMILES string of the molecule is COc1ccc(-c2n(CC(=O)O[C@@H]3C[C@H](C)CC[C@@H]3C(C)C)c3ccccc3[n+]2C)cc1. The summed E-state index contributed by atoms with van der Waals surface area (Å²) in [5.74, 6) is 3.18. The van der Waals surface area contributed by atoms with E-state index in [-0.39, 0.29) is 18.6 Å². The second-order valence-corrected chi connectivity index (χ2v) is 9.54.